The van der Waals surface area contributed by atoms with Crippen LogP contribution in [0.3, 0.4) is 0 Å². The summed E-state index contributed by atoms with van der Waals surface area (Å²) in [7, 11) is 1.55. The van der Waals surface area contributed by atoms with Crippen LogP contribution in [0.4, 0.5) is 10.6 Å². The highest BCUT2D eigenvalue weighted by Crippen LogP contribution is 2.17. The molecule has 0 unspecified atom stereocenters. The summed E-state index contributed by atoms with van der Waals surface area (Å²) in [5.41, 5.74) is 6.35. The molecule has 0 aliphatic carbocycles. The van der Waals surface area contributed by atoms with Gasteiger partial charge in [0.05, 0.1) is 6.42 Å². The molecular weight excluding hydrogens is 584 g/mol. The van der Waals surface area contributed by atoms with Crippen molar-refractivity contribution in [1.29, 1.82) is 0 Å². The second-order valence-electron chi connectivity index (χ2n) is 11.8. The van der Waals surface area contributed by atoms with Crippen LogP contribution in [-0.2, 0) is 30.5 Å². The van der Waals surface area contributed by atoms with E-state index in [1.165, 1.54) is 56.3 Å². The number of primary amides is 1. The Kier molecular flexibility index (Phi) is 19.4. The number of carbonyl (C=O) groups is 4. The van der Waals surface area contributed by atoms with Crippen LogP contribution in [0.15, 0.2) is 54.7 Å². The molecule has 0 saturated carbocycles. The Morgan fingerprint density at radius 1 is 0.826 bits per heavy atom. The average molecular weight is 639 g/mol. The molecule has 10 heteroatoms. The molecule has 254 valence electrons. The van der Waals surface area contributed by atoms with E-state index in [9.17, 15) is 19.2 Å². The summed E-state index contributed by atoms with van der Waals surface area (Å²) >= 11 is 0. The van der Waals surface area contributed by atoms with Gasteiger partial charge >= 0.3 is 18.0 Å². The van der Waals surface area contributed by atoms with Crippen LogP contribution in [0, 0.1) is 0 Å². The van der Waals surface area contributed by atoms with Crippen LogP contribution in [0.2, 0.25) is 0 Å². The molecule has 1 aromatic carbocycles. The molecule has 3 N–H and O–H groups in total. The number of aromatic nitrogens is 1. The van der Waals surface area contributed by atoms with Crippen molar-refractivity contribution in [3.05, 3.63) is 60.3 Å². The first-order valence-corrected chi connectivity index (χ1v) is 16.9. The Labute approximate surface area is 274 Å². The summed E-state index contributed by atoms with van der Waals surface area (Å²) in [6.45, 7) is 2.38. The van der Waals surface area contributed by atoms with Crippen molar-refractivity contribution < 1.29 is 28.7 Å². The van der Waals surface area contributed by atoms with Crippen molar-refractivity contribution >= 4 is 29.7 Å². The van der Waals surface area contributed by atoms with E-state index < -0.39 is 36.0 Å². The predicted octanol–water partition coefficient (Wildman–Crippen LogP) is 7.00. The number of nitrogens with one attached hydrogen (secondary N) is 1. The van der Waals surface area contributed by atoms with Gasteiger partial charge in [0.25, 0.3) is 0 Å². The van der Waals surface area contributed by atoms with Crippen molar-refractivity contribution in [3.8, 4) is 0 Å². The van der Waals surface area contributed by atoms with Gasteiger partial charge < -0.3 is 20.5 Å². The molecule has 0 radical (unpaired) electrons. The molecular formula is C36H54N4O6. The number of nitrogens with two attached hydrogens (primary N) is 1. The second-order valence-corrected chi connectivity index (χ2v) is 11.8. The van der Waals surface area contributed by atoms with E-state index in [-0.39, 0.29) is 32.3 Å². The Hall–Kier alpha value is -3.95. The normalized spacial score (nSPS) is 12.1. The van der Waals surface area contributed by atoms with Crippen LogP contribution in [0.5, 0.6) is 0 Å². The molecule has 0 bridgehead atoms. The first-order chi connectivity index (χ1) is 22.3. The van der Waals surface area contributed by atoms with E-state index in [1.807, 2.05) is 30.3 Å². The number of rotatable bonds is 24. The Morgan fingerprint density at radius 3 is 2.07 bits per heavy atom. The third-order valence-electron chi connectivity index (χ3n) is 7.84. The maximum Gasteiger partial charge on any atom is 0.328 e. The molecule has 0 saturated heterocycles. The molecule has 2 aromatic rings. The number of unbranched alkanes of at least 4 members (excludes halogenated alkanes) is 10. The van der Waals surface area contributed by atoms with E-state index in [1.54, 1.807) is 31.4 Å². The number of benzene rings is 1. The number of ether oxygens (including phenoxy) is 2. The lowest BCUT2D eigenvalue weighted by Crippen LogP contribution is -2.48. The number of hydrogen-bond donors (Lipinski definition) is 2. The minimum Gasteiger partial charge on any atom is -0.461 e. The van der Waals surface area contributed by atoms with Gasteiger partial charge in [-0.05, 0) is 43.4 Å². The van der Waals surface area contributed by atoms with Crippen LogP contribution in [0.1, 0.15) is 115 Å². The molecule has 0 aliphatic rings. The summed E-state index contributed by atoms with van der Waals surface area (Å²) < 4.78 is 11.1. The molecule has 2 rings (SSSR count). The van der Waals surface area contributed by atoms with Gasteiger partial charge in [-0.2, -0.15) is 0 Å². The Balaban J connectivity index is 1.90. The van der Waals surface area contributed by atoms with Gasteiger partial charge in [0.1, 0.15) is 24.6 Å². The molecule has 1 heterocycles. The number of anilines is 1. The smallest absolute Gasteiger partial charge is 0.328 e. The van der Waals surface area contributed by atoms with Gasteiger partial charge in [-0.15, -0.1) is 0 Å². The number of amides is 3. The summed E-state index contributed by atoms with van der Waals surface area (Å²) in [6.07, 6.45) is 14.8. The first-order valence-electron chi connectivity index (χ1n) is 16.9. The highest BCUT2D eigenvalue weighted by atomic mass is 16.5. The molecule has 10 nitrogen and oxygen atoms in total. The largest absolute Gasteiger partial charge is 0.461 e. The van der Waals surface area contributed by atoms with Crippen LogP contribution >= 0.6 is 0 Å². The first kappa shape index (κ1) is 38.2. The Morgan fingerprint density at radius 2 is 1.46 bits per heavy atom. The lowest BCUT2D eigenvalue weighted by Gasteiger charge is -2.24. The van der Waals surface area contributed by atoms with Crippen LogP contribution < -0.4 is 16.0 Å². The van der Waals surface area contributed by atoms with Gasteiger partial charge in [0.15, 0.2) is 0 Å². The number of hydrogen-bond acceptors (Lipinski definition) is 7. The lowest BCUT2D eigenvalue weighted by atomic mass is 10.0. The topological polar surface area (TPSA) is 141 Å². The van der Waals surface area contributed by atoms with Crippen molar-refractivity contribution in [3.63, 3.8) is 0 Å². The Bertz CT molecular complexity index is 1150. The average Bonchev–Trinajstić information content (AvgIpc) is 3.05. The summed E-state index contributed by atoms with van der Waals surface area (Å²) in [6, 6.07) is 12.9. The third kappa shape index (κ3) is 16.9. The summed E-state index contributed by atoms with van der Waals surface area (Å²) in [5.74, 6) is -1.23. The minimum absolute atomic E-state index is 0.0615. The van der Waals surface area contributed by atoms with E-state index >= 15 is 0 Å². The standard InChI is InChI=1S/C36H54N4O6/c1-3-4-5-6-7-8-9-10-11-12-16-22-30(27-32(37)41)46-35(43)31(39-36(44)40(2)33-24-17-18-26-38-33)23-19-25-34(42)45-28-29-20-14-13-15-21-29/h13-15,17-18,20-21,24,26,30-31H,3-12,16,19,22-23,25,27-28H2,1-2H3,(H2,37,41)(H,39,44)/t30-,31-/m0/s1. The number of carbonyl (C=O) groups excluding carboxylic acids is 4. The van der Waals surface area contributed by atoms with E-state index in [2.05, 4.69) is 17.2 Å². The van der Waals surface area contributed by atoms with Crippen molar-refractivity contribution in [2.75, 3.05) is 11.9 Å². The van der Waals surface area contributed by atoms with Crippen LogP contribution in [0.25, 0.3) is 0 Å². The molecule has 3 amide bonds. The number of nitrogens with zero attached hydrogens (tertiary/aromatic N) is 2. The fraction of sp³-hybridized carbons (Fsp3) is 0.583. The number of esters is 2. The highest BCUT2D eigenvalue weighted by molar-refractivity contribution is 5.93. The summed E-state index contributed by atoms with van der Waals surface area (Å²) in [4.78, 5) is 56.1. The highest BCUT2D eigenvalue weighted by Gasteiger charge is 2.28. The SMILES string of the molecule is CCCCCCCCCCCCC[C@@H](CC(N)=O)OC(=O)[C@H](CCCC(=O)OCc1ccccc1)NC(=O)N(C)c1ccccn1. The zero-order valence-corrected chi connectivity index (χ0v) is 27.8. The molecule has 2 atom stereocenters. The van der Waals surface area contributed by atoms with Gasteiger partial charge in [-0.3, -0.25) is 14.5 Å². The molecule has 0 aliphatic heterocycles. The number of urea groups is 1. The lowest BCUT2D eigenvalue weighted by molar-refractivity contribution is -0.153. The maximum absolute atomic E-state index is 13.4. The van der Waals surface area contributed by atoms with Crippen molar-refractivity contribution in [1.82, 2.24) is 10.3 Å². The van der Waals surface area contributed by atoms with E-state index in [4.69, 9.17) is 15.2 Å². The zero-order valence-electron chi connectivity index (χ0n) is 27.8. The maximum atomic E-state index is 13.4. The predicted molar refractivity (Wildman–Crippen MR) is 180 cm³/mol. The van der Waals surface area contributed by atoms with Crippen LogP contribution in [-0.4, -0.2) is 48.1 Å². The minimum atomic E-state index is -1.05. The van der Waals surface area contributed by atoms with Gasteiger partial charge in [0, 0.05) is 19.7 Å². The van der Waals surface area contributed by atoms with Crippen molar-refractivity contribution in [2.45, 2.75) is 128 Å². The van der Waals surface area contributed by atoms with Crippen molar-refractivity contribution in [2.24, 2.45) is 5.73 Å². The molecule has 0 fully saturated rings. The molecule has 46 heavy (non-hydrogen) atoms. The monoisotopic (exact) mass is 638 g/mol. The second kappa shape index (κ2) is 23.4. The van der Waals surface area contributed by atoms with Gasteiger partial charge in [-0.1, -0.05) is 108 Å². The van der Waals surface area contributed by atoms with E-state index in [0.717, 1.165) is 24.8 Å². The van der Waals surface area contributed by atoms with E-state index in [0.29, 0.717) is 12.2 Å². The number of pyridine rings is 1. The fourth-order valence-corrected chi connectivity index (χ4v) is 5.12. The zero-order chi connectivity index (χ0) is 33.4. The summed E-state index contributed by atoms with van der Waals surface area (Å²) in [5, 5.41) is 2.72. The fourth-order valence-electron chi connectivity index (χ4n) is 5.12. The quantitative estimate of drug-likeness (QED) is 0.0932. The third-order valence-corrected chi connectivity index (χ3v) is 7.84. The van der Waals surface area contributed by atoms with Gasteiger partial charge in [-0.25, -0.2) is 14.6 Å². The molecule has 0 spiro atoms. The molecule has 1 aromatic heterocycles. The van der Waals surface area contributed by atoms with Gasteiger partial charge in [0.2, 0.25) is 5.91 Å².